The van der Waals surface area contributed by atoms with E-state index in [1.165, 1.54) is 0 Å². The lowest BCUT2D eigenvalue weighted by molar-refractivity contribution is 0.247. The number of amidine groups is 2. The molecule has 2 aliphatic rings. The molecule has 1 fully saturated rings. The fourth-order valence-corrected chi connectivity index (χ4v) is 4.96. The fraction of sp³-hybridized carbons (Fsp3) is 0.481. The van der Waals surface area contributed by atoms with Gasteiger partial charge in [-0.2, -0.15) is 0 Å². The minimum absolute atomic E-state index is 0.0719. The normalized spacial score (nSPS) is 20.1. The Bertz CT molecular complexity index is 1220. The summed E-state index contributed by atoms with van der Waals surface area (Å²) >= 11 is 0. The molecule has 9 heteroatoms. The lowest BCUT2D eigenvalue weighted by atomic mass is 9.86. The lowest BCUT2D eigenvalue weighted by Gasteiger charge is -2.31. The molecule has 0 spiro atoms. The van der Waals surface area contributed by atoms with Crippen LogP contribution in [0.1, 0.15) is 44.9 Å². The first-order valence-corrected chi connectivity index (χ1v) is 12.6. The number of aliphatic imine (C=N–C) groups is 3. The van der Waals surface area contributed by atoms with E-state index in [4.69, 9.17) is 21.2 Å². The van der Waals surface area contributed by atoms with Crippen LogP contribution < -0.4 is 16.2 Å². The van der Waals surface area contributed by atoms with Gasteiger partial charge in [-0.1, -0.05) is 6.07 Å². The number of hydrogen-bond donors (Lipinski definition) is 2. The molecule has 1 atom stereocenters. The third kappa shape index (κ3) is 5.51. The van der Waals surface area contributed by atoms with Gasteiger partial charge < -0.3 is 25.7 Å². The molecule has 0 saturated carbocycles. The number of likely N-dealkylation sites (tertiary alicyclic amines) is 1. The number of fused-ring (bicyclic) bond motifs is 3. The van der Waals surface area contributed by atoms with Crippen LogP contribution in [-0.2, 0) is 6.54 Å². The summed E-state index contributed by atoms with van der Waals surface area (Å²) in [4.78, 5) is 21.0. The molecule has 4 rings (SSSR count). The van der Waals surface area contributed by atoms with E-state index >= 15 is 0 Å². The van der Waals surface area contributed by atoms with E-state index in [9.17, 15) is 0 Å². The third-order valence-electron chi connectivity index (χ3n) is 6.49. The second-order valence-corrected chi connectivity index (χ2v) is 9.79. The number of rotatable bonds is 5. The number of allylic oxidation sites excluding steroid dienone is 1. The maximum atomic E-state index is 6.18. The molecule has 1 aromatic carbocycles. The summed E-state index contributed by atoms with van der Waals surface area (Å²) in [5.74, 6) is 2.95. The quantitative estimate of drug-likeness (QED) is 0.493. The molecule has 0 amide bonds. The first kappa shape index (κ1) is 25.6. The Kier molecular flexibility index (Phi) is 7.88. The van der Waals surface area contributed by atoms with Crippen LogP contribution in [0.25, 0.3) is 17.0 Å². The third-order valence-corrected chi connectivity index (χ3v) is 6.49. The fourth-order valence-electron chi connectivity index (χ4n) is 4.96. The van der Waals surface area contributed by atoms with Crippen LogP contribution in [0.15, 0.2) is 45.6 Å². The largest absolute Gasteiger partial charge is 0.491 e. The summed E-state index contributed by atoms with van der Waals surface area (Å²) in [5.41, 5.74) is 16.7. The molecule has 1 aromatic heterocycles. The van der Waals surface area contributed by atoms with E-state index in [0.29, 0.717) is 36.4 Å². The zero-order valence-corrected chi connectivity index (χ0v) is 22.0. The molecule has 9 nitrogen and oxygen atoms in total. The number of ether oxygens (including phenoxy) is 1. The first-order chi connectivity index (χ1) is 17.3. The Morgan fingerprint density at radius 2 is 2.08 bits per heavy atom. The molecule has 1 saturated heterocycles. The maximum absolute atomic E-state index is 6.18. The van der Waals surface area contributed by atoms with Crippen molar-refractivity contribution in [2.45, 2.75) is 46.2 Å². The van der Waals surface area contributed by atoms with Gasteiger partial charge in [0, 0.05) is 49.2 Å². The molecule has 3 heterocycles. The van der Waals surface area contributed by atoms with Crippen LogP contribution in [0.2, 0.25) is 0 Å². The van der Waals surface area contributed by atoms with Crippen molar-refractivity contribution < 1.29 is 4.74 Å². The predicted molar refractivity (Wildman–Crippen MR) is 148 cm³/mol. The van der Waals surface area contributed by atoms with E-state index in [1.807, 2.05) is 27.1 Å². The number of aromatic nitrogens is 2. The molecule has 192 valence electrons. The topological polar surface area (TPSA) is 119 Å². The summed E-state index contributed by atoms with van der Waals surface area (Å²) in [6.45, 7) is 9.07. The number of hydrogen-bond acceptors (Lipinski definition) is 6. The highest BCUT2D eigenvalue weighted by molar-refractivity contribution is 6.25. The van der Waals surface area contributed by atoms with Crippen molar-refractivity contribution in [3.63, 3.8) is 0 Å². The van der Waals surface area contributed by atoms with Gasteiger partial charge in [0.15, 0.2) is 5.84 Å². The van der Waals surface area contributed by atoms with Crippen molar-refractivity contribution in [1.29, 1.82) is 0 Å². The van der Waals surface area contributed by atoms with E-state index in [2.05, 4.69) is 49.7 Å². The predicted octanol–water partition coefficient (Wildman–Crippen LogP) is 3.19. The summed E-state index contributed by atoms with van der Waals surface area (Å²) < 4.78 is 8.27. The summed E-state index contributed by atoms with van der Waals surface area (Å²) in [5, 5.41) is 0. The van der Waals surface area contributed by atoms with E-state index in [0.717, 1.165) is 59.9 Å². The highest BCUT2D eigenvalue weighted by Crippen LogP contribution is 2.36. The van der Waals surface area contributed by atoms with Crippen LogP contribution in [-0.4, -0.2) is 71.7 Å². The molecule has 1 unspecified atom stereocenters. The van der Waals surface area contributed by atoms with Crippen LogP contribution in [0.3, 0.4) is 0 Å². The first-order valence-electron chi connectivity index (χ1n) is 12.6. The second kappa shape index (κ2) is 11.1. The summed E-state index contributed by atoms with van der Waals surface area (Å²) in [7, 11) is 4.02. The van der Waals surface area contributed by atoms with Gasteiger partial charge in [0.2, 0.25) is 0 Å². The van der Waals surface area contributed by atoms with Crippen molar-refractivity contribution in [2.24, 2.45) is 32.4 Å². The summed E-state index contributed by atoms with van der Waals surface area (Å²) in [6.07, 6.45) is 5.92. The SMILES string of the molecule is CN=C(C(=CN)c1ccc2c(c1)OCCn1cc(C(N=C(C)N)=NC(C)C)nc1-2)C1CCCN(C)C1. The zero-order chi connectivity index (χ0) is 25.8. The highest BCUT2D eigenvalue weighted by Gasteiger charge is 2.26. The number of nitrogens with two attached hydrogens (primary N) is 2. The highest BCUT2D eigenvalue weighted by atomic mass is 16.5. The van der Waals surface area contributed by atoms with Gasteiger partial charge in [-0.25, -0.2) is 9.98 Å². The van der Waals surface area contributed by atoms with Crippen molar-refractivity contribution in [3.8, 4) is 17.1 Å². The molecule has 36 heavy (non-hydrogen) atoms. The second-order valence-electron chi connectivity index (χ2n) is 9.79. The molecule has 0 radical (unpaired) electrons. The van der Waals surface area contributed by atoms with Gasteiger partial charge in [-0.3, -0.25) is 9.98 Å². The molecule has 0 aliphatic carbocycles. The van der Waals surface area contributed by atoms with Crippen LogP contribution in [0.4, 0.5) is 0 Å². The van der Waals surface area contributed by atoms with E-state index in [-0.39, 0.29) is 6.04 Å². The van der Waals surface area contributed by atoms with Crippen molar-refractivity contribution in [2.75, 3.05) is 33.8 Å². The lowest BCUT2D eigenvalue weighted by Crippen LogP contribution is -2.36. The smallest absolute Gasteiger partial charge is 0.177 e. The minimum atomic E-state index is 0.0719. The van der Waals surface area contributed by atoms with Gasteiger partial charge in [0.05, 0.1) is 17.9 Å². The van der Waals surface area contributed by atoms with Crippen LogP contribution >= 0.6 is 0 Å². The average molecular weight is 491 g/mol. The molecular weight excluding hydrogens is 452 g/mol. The minimum Gasteiger partial charge on any atom is -0.491 e. The standard InChI is InChI=1S/C27H38N8O/c1-17(2)31-26(32-18(3)29)23-16-35-11-12-36-24-13-19(8-9-21(24)27(35)33-23)22(14-28)25(30-4)20-7-6-10-34(5)15-20/h8-9,13-14,16-17,20H,6-7,10-12,15,28H2,1-5H3,(H2,29,31,32). The number of benzene rings is 1. The Labute approximate surface area is 213 Å². The molecular formula is C27H38N8O. The van der Waals surface area contributed by atoms with Gasteiger partial charge in [-0.05, 0) is 64.9 Å². The number of imidazole rings is 1. The Balaban J connectivity index is 1.71. The molecule has 2 aliphatic heterocycles. The van der Waals surface area contributed by atoms with Gasteiger partial charge >= 0.3 is 0 Å². The molecule has 2 aromatic rings. The Morgan fingerprint density at radius 1 is 1.28 bits per heavy atom. The maximum Gasteiger partial charge on any atom is 0.177 e. The average Bonchev–Trinajstić information content (AvgIpc) is 3.17. The number of piperidine rings is 1. The Morgan fingerprint density at radius 3 is 2.75 bits per heavy atom. The van der Waals surface area contributed by atoms with Crippen molar-refractivity contribution in [3.05, 3.63) is 41.9 Å². The van der Waals surface area contributed by atoms with Gasteiger partial charge in [0.25, 0.3) is 0 Å². The molecule has 0 bridgehead atoms. The zero-order valence-electron chi connectivity index (χ0n) is 22.0. The molecule has 4 N–H and O–H groups in total. The van der Waals surface area contributed by atoms with Crippen molar-refractivity contribution >= 4 is 23.0 Å². The van der Waals surface area contributed by atoms with Gasteiger partial charge in [0.1, 0.15) is 23.9 Å². The monoisotopic (exact) mass is 490 g/mol. The van der Waals surface area contributed by atoms with E-state index in [1.54, 1.807) is 13.1 Å². The van der Waals surface area contributed by atoms with Crippen LogP contribution in [0, 0.1) is 5.92 Å². The Hall–Kier alpha value is -3.46. The number of nitrogens with zero attached hydrogens (tertiary/aromatic N) is 6. The van der Waals surface area contributed by atoms with Gasteiger partial charge in [-0.15, -0.1) is 0 Å². The van der Waals surface area contributed by atoms with Crippen molar-refractivity contribution in [1.82, 2.24) is 14.5 Å². The summed E-state index contributed by atoms with van der Waals surface area (Å²) in [6, 6.07) is 6.26. The van der Waals surface area contributed by atoms with E-state index < -0.39 is 0 Å². The van der Waals surface area contributed by atoms with Crippen LogP contribution in [0.5, 0.6) is 5.75 Å².